The van der Waals surface area contributed by atoms with E-state index >= 15 is 0 Å². The minimum Gasteiger partial charge on any atom is -0.135 e. The van der Waals surface area contributed by atoms with Gasteiger partial charge in [0.1, 0.15) is 0 Å². The van der Waals surface area contributed by atoms with Crippen molar-refractivity contribution in [1.82, 2.24) is 0 Å². The predicted octanol–water partition coefficient (Wildman–Crippen LogP) is 12.4. The molecule has 1 heteroatoms. The highest BCUT2D eigenvalue weighted by atomic mass is 32.1. The second kappa shape index (κ2) is 10.9. The van der Waals surface area contributed by atoms with Gasteiger partial charge in [0.2, 0.25) is 0 Å². The Kier molecular flexibility index (Phi) is 6.44. The molecule has 0 fully saturated rings. The van der Waals surface area contributed by atoms with Crippen LogP contribution in [-0.4, -0.2) is 0 Å². The Bertz CT molecular complexity index is 2150. The molecule has 0 amide bonds. The highest BCUT2D eigenvalue weighted by Gasteiger charge is 2.11. The Morgan fingerprint density at radius 2 is 0.721 bits per heavy atom. The van der Waals surface area contributed by atoms with Gasteiger partial charge in [-0.15, -0.1) is 11.3 Å². The summed E-state index contributed by atoms with van der Waals surface area (Å²) in [6, 6.07) is 61.6. The van der Waals surface area contributed by atoms with Crippen LogP contribution in [0.15, 0.2) is 170 Å². The summed E-state index contributed by atoms with van der Waals surface area (Å²) in [5.41, 5.74) is 12.3. The van der Waals surface area contributed by atoms with Crippen LogP contribution in [0.5, 0.6) is 0 Å². The Hall–Kier alpha value is -5.24. The van der Waals surface area contributed by atoms with Crippen molar-refractivity contribution in [3.8, 4) is 55.6 Å². The van der Waals surface area contributed by atoms with Crippen LogP contribution in [0.2, 0.25) is 0 Å². The van der Waals surface area contributed by atoms with Gasteiger partial charge in [-0.2, -0.15) is 0 Å². The highest BCUT2D eigenvalue weighted by Crippen LogP contribution is 2.40. The zero-order valence-corrected chi connectivity index (χ0v) is 24.4. The molecule has 0 unspecified atom stereocenters. The van der Waals surface area contributed by atoms with E-state index in [1.165, 1.54) is 75.8 Å². The summed E-state index contributed by atoms with van der Waals surface area (Å²) in [5.74, 6) is 0. The molecule has 0 bridgehead atoms. The number of benzene rings is 7. The molecule has 1 heterocycles. The van der Waals surface area contributed by atoms with Crippen molar-refractivity contribution in [2.75, 3.05) is 0 Å². The normalized spacial score (nSPS) is 11.3. The summed E-state index contributed by atoms with van der Waals surface area (Å²) in [6.07, 6.45) is 0. The van der Waals surface area contributed by atoms with Crippen molar-refractivity contribution in [2.24, 2.45) is 0 Å². The molecule has 0 N–H and O–H groups in total. The second-order valence-electron chi connectivity index (χ2n) is 11.0. The lowest BCUT2D eigenvalue weighted by atomic mass is 9.92. The first kappa shape index (κ1) is 25.5. The van der Waals surface area contributed by atoms with Gasteiger partial charge in [-0.3, -0.25) is 0 Å². The van der Waals surface area contributed by atoms with E-state index in [1.54, 1.807) is 0 Å². The van der Waals surface area contributed by atoms with Crippen LogP contribution < -0.4 is 0 Å². The quantitative estimate of drug-likeness (QED) is 0.195. The maximum absolute atomic E-state index is 2.32. The van der Waals surface area contributed by atoms with E-state index < -0.39 is 0 Å². The highest BCUT2D eigenvalue weighted by molar-refractivity contribution is 7.26. The van der Waals surface area contributed by atoms with E-state index in [0.29, 0.717) is 0 Å². The topological polar surface area (TPSA) is 0 Å². The molecule has 8 aromatic rings. The van der Waals surface area contributed by atoms with E-state index in [-0.39, 0.29) is 0 Å². The molecule has 0 nitrogen and oxygen atoms in total. The van der Waals surface area contributed by atoms with E-state index in [0.717, 1.165) is 0 Å². The third-order valence-electron chi connectivity index (χ3n) is 8.28. The average Bonchev–Trinajstić information content (AvgIpc) is 3.48. The minimum absolute atomic E-state index is 1.21. The van der Waals surface area contributed by atoms with Gasteiger partial charge in [-0.1, -0.05) is 140 Å². The molecule has 7 aromatic carbocycles. The smallest absolute Gasteiger partial charge is 0.0433 e. The summed E-state index contributed by atoms with van der Waals surface area (Å²) < 4.78 is 2.69. The van der Waals surface area contributed by atoms with Gasteiger partial charge in [0, 0.05) is 20.2 Å². The van der Waals surface area contributed by atoms with Crippen LogP contribution in [0.1, 0.15) is 0 Å². The molecule has 0 aliphatic heterocycles. The average molecular weight is 565 g/mol. The van der Waals surface area contributed by atoms with Crippen molar-refractivity contribution < 1.29 is 0 Å². The van der Waals surface area contributed by atoms with Crippen molar-refractivity contribution in [1.29, 1.82) is 0 Å². The molecule has 43 heavy (non-hydrogen) atoms. The zero-order valence-electron chi connectivity index (χ0n) is 23.6. The van der Waals surface area contributed by atoms with Crippen LogP contribution >= 0.6 is 11.3 Å². The number of rotatable bonds is 5. The van der Waals surface area contributed by atoms with Gasteiger partial charge in [0.05, 0.1) is 0 Å². The monoisotopic (exact) mass is 564 g/mol. The van der Waals surface area contributed by atoms with Crippen molar-refractivity contribution in [2.45, 2.75) is 0 Å². The number of thiophene rings is 1. The number of hydrogen-bond donors (Lipinski definition) is 0. The van der Waals surface area contributed by atoms with Crippen molar-refractivity contribution in [3.63, 3.8) is 0 Å². The fraction of sp³-hybridized carbons (Fsp3) is 0. The van der Waals surface area contributed by atoms with Gasteiger partial charge in [-0.05, 0) is 86.0 Å². The predicted molar refractivity (Wildman–Crippen MR) is 187 cm³/mol. The number of fused-ring (bicyclic) bond motifs is 3. The number of hydrogen-bond acceptors (Lipinski definition) is 1. The summed E-state index contributed by atoms with van der Waals surface area (Å²) in [7, 11) is 0. The lowest BCUT2D eigenvalue weighted by Crippen LogP contribution is -1.87. The first-order valence-corrected chi connectivity index (χ1v) is 15.5. The molecule has 202 valence electrons. The standard InChI is InChI=1S/C42H28S/c1-3-11-29(12-4-1)35-26-36(30-13-5-2-6-14-30)28-37(27-35)34-16-9-15-33(25-34)31-21-23-32(24-22-31)38-18-10-19-40-39-17-7-8-20-41(39)43-42(38)40/h1-28H. The Labute approximate surface area is 256 Å². The van der Waals surface area contributed by atoms with E-state index in [9.17, 15) is 0 Å². The van der Waals surface area contributed by atoms with Crippen LogP contribution in [-0.2, 0) is 0 Å². The molecule has 0 aliphatic rings. The molecule has 0 radical (unpaired) electrons. The molecular weight excluding hydrogens is 537 g/mol. The van der Waals surface area contributed by atoms with Gasteiger partial charge < -0.3 is 0 Å². The minimum atomic E-state index is 1.21. The van der Waals surface area contributed by atoms with E-state index in [4.69, 9.17) is 0 Å². The lowest BCUT2D eigenvalue weighted by Gasteiger charge is -2.13. The maximum Gasteiger partial charge on any atom is 0.0433 e. The fourth-order valence-electron chi connectivity index (χ4n) is 6.08. The summed E-state index contributed by atoms with van der Waals surface area (Å²) in [5, 5.41) is 2.67. The maximum atomic E-state index is 2.32. The van der Waals surface area contributed by atoms with Crippen molar-refractivity contribution in [3.05, 3.63) is 170 Å². The molecule has 0 saturated heterocycles. The molecule has 1 aromatic heterocycles. The molecule has 8 rings (SSSR count). The third kappa shape index (κ3) is 4.84. The van der Waals surface area contributed by atoms with Gasteiger partial charge in [-0.25, -0.2) is 0 Å². The first-order valence-electron chi connectivity index (χ1n) is 14.7. The fourth-order valence-corrected chi connectivity index (χ4v) is 7.32. The van der Waals surface area contributed by atoms with Crippen LogP contribution in [0.25, 0.3) is 75.8 Å². The molecule has 0 spiro atoms. The molecule has 0 atom stereocenters. The Morgan fingerprint density at radius 3 is 1.40 bits per heavy atom. The van der Waals surface area contributed by atoms with Crippen LogP contribution in [0.3, 0.4) is 0 Å². The SMILES string of the molecule is c1ccc(-c2cc(-c3ccccc3)cc(-c3cccc(-c4ccc(-c5cccc6c5sc5ccccc56)cc4)c3)c2)cc1. The Morgan fingerprint density at radius 1 is 0.279 bits per heavy atom. The summed E-state index contributed by atoms with van der Waals surface area (Å²) in [6.45, 7) is 0. The second-order valence-corrected chi connectivity index (χ2v) is 12.0. The summed E-state index contributed by atoms with van der Waals surface area (Å²) in [4.78, 5) is 0. The molecular formula is C42H28S. The molecule has 0 saturated carbocycles. The first-order chi connectivity index (χ1) is 21.3. The van der Waals surface area contributed by atoms with Gasteiger partial charge in [0.25, 0.3) is 0 Å². The van der Waals surface area contributed by atoms with Gasteiger partial charge in [0.15, 0.2) is 0 Å². The van der Waals surface area contributed by atoms with Crippen molar-refractivity contribution >= 4 is 31.5 Å². The zero-order chi connectivity index (χ0) is 28.6. The largest absolute Gasteiger partial charge is 0.135 e. The molecule has 0 aliphatic carbocycles. The van der Waals surface area contributed by atoms with Crippen LogP contribution in [0.4, 0.5) is 0 Å². The lowest BCUT2D eigenvalue weighted by molar-refractivity contribution is 1.56. The van der Waals surface area contributed by atoms with E-state index in [1.807, 2.05) is 11.3 Å². The van der Waals surface area contributed by atoms with Crippen LogP contribution in [0, 0.1) is 0 Å². The summed E-state index contributed by atoms with van der Waals surface area (Å²) >= 11 is 1.88. The third-order valence-corrected chi connectivity index (χ3v) is 9.50. The van der Waals surface area contributed by atoms with Gasteiger partial charge >= 0.3 is 0 Å². The Balaban J connectivity index is 1.18. The van der Waals surface area contributed by atoms with E-state index in [2.05, 4.69) is 170 Å².